The largest absolute Gasteiger partial charge is 0.241 e. The van der Waals surface area contributed by atoms with Crippen LogP contribution in [-0.2, 0) is 6.42 Å². The SMILES string of the molecule is CCc1nc2ccc(C)c(C)c2s1. The van der Waals surface area contributed by atoms with Crippen LogP contribution in [0.4, 0.5) is 0 Å². The minimum absolute atomic E-state index is 1.04. The molecule has 0 aliphatic heterocycles. The van der Waals surface area contributed by atoms with Gasteiger partial charge in [0.15, 0.2) is 0 Å². The Morgan fingerprint density at radius 1 is 1.31 bits per heavy atom. The molecule has 0 unspecified atom stereocenters. The van der Waals surface area contributed by atoms with Gasteiger partial charge in [-0.25, -0.2) is 4.98 Å². The van der Waals surface area contributed by atoms with Gasteiger partial charge in [0, 0.05) is 0 Å². The third kappa shape index (κ3) is 1.35. The van der Waals surface area contributed by atoms with E-state index >= 15 is 0 Å². The maximum absolute atomic E-state index is 4.55. The van der Waals surface area contributed by atoms with Crippen LogP contribution in [-0.4, -0.2) is 4.98 Å². The normalized spacial score (nSPS) is 11.0. The summed E-state index contributed by atoms with van der Waals surface area (Å²) in [5, 5.41) is 1.24. The van der Waals surface area contributed by atoms with Gasteiger partial charge in [-0.1, -0.05) is 13.0 Å². The van der Waals surface area contributed by atoms with E-state index in [1.807, 2.05) is 11.3 Å². The molecule has 0 fully saturated rings. The van der Waals surface area contributed by atoms with Crippen molar-refractivity contribution in [2.24, 2.45) is 0 Å². The summed E-state index contributed by atoms with van der Waals surface area (Å²) in [7, 11) is 0. The van der Waals surface area contributed by atoms with Crippen LogP contribution in [0.3, 0.4) is 0 Å². The van der Waals surface area contributed by atoms with Crippen molar-refractivity contribution in [2.75, 3.05) is 0 Å². The Hall–Kier alpha value is -0.890. The summed E-state index contributed by atoms with van der Waals surface area (Å²) in [6.45, 7) is 6.48. The van der Waals surface area contributed by atoms with E-state index < -0.39 is 0 Å². The lowest BCUT2D eigenvalue weighted by atomic mass is 10.1. The molecule has 2 aromatic rings. The molecule has 0 spiro atoms. The third-order valence-electron chi connectivity index (χ3n) is 2.42. The molecule has 0 aliphatic rings. The number of nitrogens with zero attached hydrogens (tertiary/aromatic N) is 1. The van der Waals surface area contributed by atoms with Gasteiger partial charge in [-0.3, -0.25) is 0 Å². The molecule has 0 amide bonds. The Kier molecular flexibility index (Phi) is 2.08. The van der Waals surface area contributed by atoms with E-state index in [0.717, 1.165) is 11.9 Å². The maximum Gasteiger partial charge on any atom is 0.0935 e. The van der Waals surface area contributed by atoms with Crippen molar-refractivity contribution in [3.63, 3.8) is 0 Å². The number of thiazole rings is 1. The summed E-state index contributed by atoms with van der Waals surface area (Å²) in [5.74, 6) is 0. The fraction of sp³-hybridized carbons (Fsp3) is 0.364. The van der Waals surface area contributed by atoms with Gasteiger partial charge < -0.3 is 0 Å². The van der Waals surface area contributed by atoms with E-state index in [2.05, 4.69) is 37.9 Å². The van der Waals surface area contributed by atoms with Crippen molar-refractivity contribution in [1.82, 2.24) is 4.98 Å². The van der Waals surface area contributed by atoms with Crippen LogP contribution in [0, 0.1) is 13.8 Å². The summed E-state index contributed by atoms with van der Waals surface area (Å²) in [6, 6.07) is 4.27. The standard InChI is InChI=1S/C11H13NS/c1-4-10-12-9-6-5-7(2)8(3)11(9)13-10/h5-6H,4H2,1-3H3. The first kappa shape index (κ1) is 8.70. The highest BCUT2D eigenvalue weighted by molar-refractivity contribution is 7.18. The van der Waals surface area contributed by atoms with Gasteiger partial charge in [0.05, 0.1) is 15.2 Å². The number of hydrogen-bond acceptors (Lipinski definition) is 2. The van der Waals surface area contributed by atoms with Gasteiger partial charge >= 0.3 is 0 Å². The number of aryl methyl sites for hydroxylation is 3. The van der Waals surface area contributed by atoms with Crippen LogP contribution in [0.25, 0.3) is 10.2 Å². The van der Waals surface area contributed by atoms with Crippen LogP contribution >= 0.6 is 11.3 Å². The number of fused-ring (bicyclic) bond motifs is 1. The molecule has 0 saturated carbocycles. The van der Waals surface area contributed by atoms with Crippen LogP contribution in [0.1, 0.15) is 23.1 Å². The van der Waals surface area contributed by atoms with Gasteiger partial charge in [-0.2, -0.15) is 0 Å². The highest BCUT2D eigenvalue weighted by Gasteiger charge is 2.05. The minimum Gasteiger partial charge on any atom is -0.241 e. The fourth-order valence-corrected chi connectivity index (χ4v) is 2.48. The summed E-state index contributed by atoms with van der Waals surface area (Å²) in [6.07, 6.45) is 1.04. The average Bonchev–Trinajstić information content (AvgIpc) is 2.55. The summed E-state index contributed by atoms with van der Waals surface area (Å²) < 4.78 is 1.36. The summed E-state index contributed by atoms with van der Waals surface area (Å²) in [4.78, 5) is 4.55. The van der Waals surface area contributed by atoms with Crippen LogP contribution in [0.5, 0.6) is 0 Å². The van der Waals surface area contributed by atoms with E-state index in [1.165, 1.54) is 20.8 Å². The van der Waals surface area contributed by atoms with Crippen LogP contribution < -0.4 is 0 Å². The van der Waals surface area contributed by atoms with Gasteiger partial charge in [0.25, 0.3) is 0 Å². The predicted octanol–water partition coefficient (Wildman–Crippen LogP) is 3.48. The fourth-order valence-electron chi connectivity index (χ4n) is 1.42. The van der Waals surface area contributed by atoms with Crippen LogP contribution in [0.15, 0.2) is 12.1 Å². The molecular formula is C11H13NS. The lowest BCUT2D eigenvalue weighted by Gasteiger charge is -1.98. The Bertz CT molecular complexity index is 443. The third-order valence-corrected chi connectivity index (χ3v) is 3.76. The quantitative estimate of drug-likeness (QED) is 0.672. The van der Waals surface area contributed by atoms with Gasteiger partial charge in [0.1, 0.15) is 0 Å². The molecule has 1 aromatic carbocycles. The predicted molar refractivity (Wildman–Crippen MR) is 58.5 cm³/mol. The topological polar surface area (TPSA) is 12.9 Å². The zero-order valence-corrected chi connectivity index (χ0v) is 9.03. The van der Waals surface area contributed by atoms with Crippen molar-refractivity contribution in [3.05, 3.63) is 28.3 Å². The van der Waals surface area contributed by atoms with E-state index in [-0.39, 0.29) is 0 Å². The molecule has 0 N–H and O–H groups in total. The first-order valence-corrected chi connectivity index (χ1v) is 5.39. The second kappa shape index (κ2) is 3.11. The van der Waals surface area contributed by atoms with Gasteiger partial charge in [-0.15, -0.1) is 11.3 Å². The first-order chi connectivity index (χ1) is 6.22. The van der Waals surface area contributed by atoms with Gasteiger partial charge in [0.2, 0.25) is 0 Å². The molecule has 2 rings (SSSR count). The smallest absolute Gasteiger partial charge is 0.0935 e. The minimum atomic E-state index is 1.04. The maximum atomic E-state index is 4.55. The molecule has 0 saturated heterocycles. The first-order valence-electron chi connectivity index (χ1n) is 4.58. The van der Waals surface area contributed by atoms with Crippen LogP contribution in [0.2, 0.25) is 0 Å². The number of rotatable bonds is 1. The molecule has 0 atom stereocenters. The molecule has 1 nitrogen and oxygen atoms in total. The summed E-state index contributed by atoms with van der Waals surface area (Å²) in [5.41, 5.74) is 3.90. The van der Waals surface area contributed by atoms with Gasteiger partial charge in [-0.05, 0) is 37.5 Å². The second-order valence-corrected chi connectivity index (χ2v) is 4.40. The van der Waals surface area contributed by atoms with E-state index in [4.69, 9.17) is 0 Å². The second-order valence-electron chi connectivity index (χ2n) is 3.32. The van der Waals surface area contributed by atoms with Crippen molar-refractivity contribution < 1.29 is 0 Å². The lowest BCUT2D eigenvalue weighted by Crippen LogP contribution is -1.79. The molecule has 68 valence electrons. The highest BCUT2D eigenvalue weighted by atomic mass is 32.1. The molecule has 2 heteroatoms. The zero-order chi connectivity index (χ0) is 9.42. The Morgan fingerprint density at radius 3 is 2.77 bits per heavy atom. The number of hydrogen-bond donors (Lipinski definition) is 0. The van der Waals surface area contributed by atoms with Crippen molar-refractivity contribution in [1.29, 1.82) is 0 Å². The number of aromatic nitrogens is 1. The Morgan fingerprint density at radius 2 is 2.08 bits per heavy atom. The lowest BCUT2D eigenvalue weighted by molar-refractivity contribution is 1.11. The van der Waals surface area contributed by atoms with Crippen molar-refractivity contribution in [3.8, 4) is 0 Å². The molecule has 1 heterocycles. The highest BCUT2D eigenvalue weighted by Crippen LogP contribution is 2.27. The van der Waals surface area contributed by atoms with E-state index in [1.54, 1.807) is 0 Å². The average molecular weight is 191 g/mol. The Labute approximate surface area is 82.4 Å². The molecular weight excluding hydrogens is 178 g/mol. The van der Waals surface area contributed by atoms with E-state index in [9.17, 15) is 0 Å². The Balaban J connectivity index is 2.76. The number of benzene rings is 1. The molecule has 13 heavy (non-hydrogen) atoms. The molecule has 0 bridgehead atoms. The molecule has 0 radical (unpaired) electrons. The van der Waals surface area contributed by atoms with Crippen molar-refractivity contribution >= 4 is 21.6 Å². The van der Waals surface area contributed by atoms with E-state index in [0.29, 0.717) is 0 Å². The summed E-state index contributed by atoms with van der Waals surface area (Å²) >= 11 is 1.83. The zero-order valence-electron chi connectivity index (χ0n) is 8.22. The monoisotopic (exact) mass is 191 g/mol. The molecule has 0 aliphatic carbocycles. The molecule has 1 aromatic heterocycles. The van der Waals surface area contributed by atoms with Crippen molar-refractivity contribution in [2.45, 2.75) is 27.2 Å².